The van der Waals surface area contributed by atoms with Crippen LogP contribution in [-0.4, -0.2) is 50.4 Å². The lowest BCUT2D eigenvalue weighted by Gasteiger charge is -2.40. The number of alkyl halides is 3. The van der Waals surface area contributed by atoms with Gasteiger partial charge in [-0.2, -0.15) is 17.5 Å². The Balaban J connectivity index is 1.46. The number of carbonyl (C=O) groups is 1. The molecular formula is C21H27F3N2O3S. The lowest BCUT2D eigenvalue weighted by molar-refractivity contribution is -0.137. The first-order valence-corrected chi connectivity index (χ1v) is 11.9. The van der Waals surface area contributed by atoms with Crippen molar-refractivity contribution < 1.29 is 26.4 Å². The molecule has 0 amide bonds. The molecule has 0 aromatic heterocycles. The van der Waals surface area contributed by atoms with Gasteiger partial charge in [-0.3, -0.25) is 4.79 Å². The minimum absolute atomic E-state index is 0.0647. The molecule has 0 N–H and O–H groups in total. The van der Waals surface area contributed by atoms with Crippen LogP contribution >= 0.6 is 0 Å². The number of anilines is 1. The first kappa shape index (κ1) is 21.6. The molecule has 2 aliphatic carbocycles. The van der Waals surface area contributed by atoms with Crippen LogP contribution in [0.2, 0.25) is 0 Å². The molecule has 2 saturated carbocycles. The topological polar surface area (TPSA) is 57.7 Å². The number of benzene rings is 1. The van der Waals surface area contributed by atoms with Crippen molar-refractivity contribution >= 4 is 21.5 Å². The normalized spacial score (nSPS) is 29.6. The molecular weight excluding hydrogens is 417 g/mol. The third-order valence-electron chi connectivity index (χ3n) is 7.74. The lowest BCUT2D eigenvalue weighted by Crippen LogP contribution is -2.52. The maximum absolute atomic E-state index is 13.2. The minimum atomic E-state index is -4.42. The monoisotopic (exact) mass is 444 g/mol. The maximum atomic E-state index is 13.2. The summed E-state index contributed by atoms with van der Waals surface area (Å²) in [6.07, 6.45) is -2.45. The van der Waals surface area contributed by atoms with E-state index in [1.54, 1.807) is 11.0 Å². The summed E-state index contributed by atoms with van der Waals surface area (Å²) in [6.45, 7) is 5.05. The van der Waals surface area contributed by atoms with Gasteiger partial charge in [-0.05, 0) is 42.4 Å². The molecule has 1 aliphatic heterocycles. The van der Waals surface area contributed by atoms with E-state index in [0.29, 0.717) is 31.6 Å². The molecule has 3 fully saturated rings. The molecule has 0 spiro atoms. The number of nitrogens with zero attached hydrogens (tertiary/aromatic N) is 2. The first-order chi connectivity index (χ1) is 13.9. The van der Waals surface area contributed by atoms with Crippen molar-refractivity contribution in [3.05, 3.63) is 29.8 Å². The Bertz CT molecular complexity index is 952. The third-order valence-corrected chi connectivity index (χ3v) is 9.75. The Morgan fingerprint density at radius 2 is 1.80 bits per heavy atom. The number of piperazine rings is 1. The number of sulfonamides is 1. The van der Waals surface area contributed by atoms with Crippen LogP contribution in [-0.2, 0) is 21.0 Å². The highest BCUT2D eigenvalue weighted by Crippen LogP contribution is 2.64. The van der Waals surface area contributed by atoms with E-state index < -0.39 is 27.2 Å². The average molecular weight is 445 g/mol. The molecule has 4 rings (SSSR count). The van der Waals surface area contributed by atoms with Gasteiger partial charge in [-0.1, -0.05) is 19.9 Å². The van der Waals surface area contributed by atoms with E-state index in [0.717, 1.165) is 18.6 Å². The molecule has 30 heavy (non-hydrogen) atoms. The highest BCUT2D eigenvalue weighted by Gasteiger charge is 2.65. The van der Waals surface area contributed by atoms with Crippen LogP contribution in [0.1, 0.15) is 38.7 Å². The van der Waals surface area contributed by atoms with Gasteiger partial charge in [-0.15, -0.1) is 0 Å². The smallest absolute Gasteiger partial charge is 0.369 e. The quantitative estimate of drug-likeness (QED) is 0.713. The van der Waals surface area contributed by atoms with Gasteiger partial charge in [0, 0.05) is 43.7 Å². The zero-order valence-corrected chi connectivity index (χ0v) is 18.0. The first-order valence-electron chi connectivity index (χ1n) is 10.3. The number of fused-ring (bicyclic) bond motifs is 2. The van der Waals surface area contributed by atoms with E-state index in [-0.39, 0.29) is 36.0 Å². The van der Waals surface area contributed by atoms with E-state index in [9.17, 15) is 26.4 Å². The van der Waals surface area contributed by atoms with Crippen molar-refractivity contribution in [2.24, 2.45) is 16.7 Å². The van der Waals surface area contributed by atoms with Crippen molar-refractivity contribution in [2.45, 2.75) is 39.3 Å². The van der Waals surface area contributed by atoms with E-state index in [1.807, 2.05) is 13.8 Å². The fraction of sp³-hybridized carbons (Fsp3) is 0.667. The van der Waals surface area contributed by atoms with Crippen LogP contribution in [0.3, 0.4) is 0 Å². The molecule has 166 valence electrons. The Hall–Kier alpha value is -1.61. The van der Waals surface area contributed by atoms with Gasteiger partial charge in [0.1, 0.15) is 5.78 Å². The third kappa shape index (κ3) is 3.34. The fourth-order valence-corrected chi connectivity index (χ4v) is 7.82. The van der Waals surface area contributed by atoms with Crippen molar-refractivity contribution in [2.75, 3.05) is 36.8 Å². The molecule has 1 saturated heterocycles. The van der Waals surface area contributed by atoms with E-state index >= 15 is 0 Å². The molecule has 2 atom stereocenters. The van der Waals surface area contributed by atoms with Gasteiger partial charge in [0.05, 0.1) is 11.3 Å². The number of ketones is 1. The van der Waals surface area contributed by atoms with Crippen LogP contribution in [0.4, 0.5) is 18.9 Å². The van der Waals surface area contributed by atoms with Crippen LogP contribution in [0.25, 0.3) is 0 Å². The largest absolute Gasteiger partial charge is 0.416 e. The number of halogens is 3. The van der Waals surface area contributed by atoms with Crippen LogP contribution in [0.5, 0.6) is 0 Å². The lowest BCUT2D eigenvalue weighted by atomic mass is 9.70. The Kier molecular flexibility index (Phi) is 5.01. The second-order valence-electron chi connectivity index (χ2n) is 9.36. The van der Waals surface area contributed by atoms with E-state index in [1.165, 1.54) is 10.4 Å². The Morgan fingerprint density at radius 3 is 2.33 bits per heavy atom. The number of carbonyl (C=O) groups excluding carboxylic acids is 1. The van der Waals surface area contributed by atoms with Crippen molar-refractivity contribution in [3.8, 4) is 0 Å². The van der Waals surface area contributed by atoms with Gasteiger partial charge in [0.25, 0.3) is 0 Å². The Morgan fingerprint density at radius 1 is 1.13 bits per heavy atom. The van der Waals surface area contributed by atoms with Gasteiger partial charge in [-0.25, -0.2) is 8.42 Å². The fourth-order valence-electron chi connectivity index (χ4n) is 5.61. The molecule has 5 nitrogen and oxygen atoms in total. The molecule has 1 aromatic carbocycles. The molecule has 2 bridgehead atoms. The molecule has 1 aromatic rings. The number of hydrogen-bond acceptors (Lipinski definition) is 4. The van der Waals surface area contributed by atoms with E-state index in [2.05, 4.69) is 0 Å². The minimum Gasteiger partial charge on any atom is -0.369 e. The predicted octanol–water partition coefficient (Wildman–Crippen LogP) is 3.55. The summed E-state index contributed by atoms with van der Waals surface area (Å²) in [4.78, 5) is 14.5. The molecule has 0 radical (unpaired) electrons. The number of rotatable bonds is 4. The van der Waals surface area contributed by atoms with Gasteiger partial charge in [0.15, 0.2) is 0 Å². The van der Waals surface area contributed by atoms with Crippen molar-refractivity contribution in [1.82, 2.24) is 4.31 Å². The molecule has 1 unspecified atom stereocenters. The average Bonchev–Trinajstić information content (AvgIpc) is 3.01. The number of Topliss-reactive ketones (excluding diaryl/α,β-unsaturated/α-hetero) is 1. The van der Waals surface area contributed by atoms with Gasteiger partial charge < -0.3 is 4.90 Å². The summed E-state index contributed by atoms with van der Waals surface area (Å²) in [5.74, 6) is 0.152. The molecule has 3 aliphatic rings. The van der Waals surface area contributed by atoms with E-state index in [4.69, 9.17) is 0 Å². The van der Waals surface area contributed by atoms with Gasteiger partial charge >= 0.3 is 6.18 Å². The summed E-state index contributed by atoms with van der Waals surface area (Å²) >= 11 is 0. The summed E-state index contributed by atoms with van der Waals surface area (Å²) in [7, 11) is -3.65. The zero-order valence-electron chi connectivity index (χ0n) is 17.2. The van der Waals surface area contributed by atoms with Crippen molar-refractivity contribution in [3.63, 3.8) is 0 Å². The van der Waals surface area contributed by atoms with Crippen LogP contribution in [0.15, 0.2) is 24.3 Å². The summed E-state index contributed by atoms with van der Waals surface area (Å²) < 4.78 is 66.7. The highest BCUT2D eigenvalue weighted by atomic mass is 32.2. The summed E-state index contributed by atoms with van der Waals surface area (Å²) in [5, 5.41) is 0. The molecule has 9 heteroatoms. The predicted molar refractivity (Wildman–Crippen MR) is 108 cm³/mol. The second-order valence-corrected chi connectivity index (χ2v) is 11.3. The van der Waals surface area contributed by atoms with Gasteiger partial charge in [0.2, 0.25) is 10.0 Å². The van der Waals surface area contributed by atoms with Crippen LogP contribution < -0.4 is 4.90 Å². The highest BCUT2D eigenvalue weighted by molar-refractivity contribution is 7.89. The second kappa shape index (κ2) is 6.95. The SMILES string of the molecule is CC1(C)C2CC[C@]1(CS(=O)(=O)N1CCN(c3cccc(C(F)(F)F)c3)CC1)C(=O)C2. The maximum Gasteiger partial charge on any atom is 0.416 e. The summed E-state index contributed by atoms with van der Waals surface area (Å²) in [6, 6.07) is 5.10. The summed E-state index contributed by atoms with van der Waals surface area (Å²) in [5.41, 5.74) is -1.41. The number of hydrogen-bond donors (Lipinski definition) is 0. The molecule has 1 heterocycles. The Labute approximate surface area is 175 Å². The zero-order chi connectivity index (χ0) is 21.9. The van der Waals surface area contributed by atoms with Crippen molar-refractivity contribution in [1.29, 1.82) is 0 Å². The standard InChI is InChI=1S/C21H27F3N2O3S/c1-19(2)15-6-7-20(19,18(27)13-15)14-30(28,29)26-10-8-25(9-11-26)17-5-3-4-16(12-17)21(22,23)24/h3-5,12,15H,6-11,13-14H2,1-2H3/t15?,20-/m0/s1. The van der Waals surface area contributed by atoms with Crippen LogP contribution in [0, 0.1) is 16.7 Å².